The van der Waals surface area contributed by atoms with E-state index < -0.39 is 0 Å². The lowest BCUT2D eigenvalue weighted by atomic mass is 10.0. The molecule has 0 saturated heterocycles. The molecule has 0 aliphatic heterocycles. The molecule has 0 fully saturated rings. The van der Waals surface area contributed by atoms with Gasteiger partial charge >= 0.3 is 0 Å². The van der Waals surface area contributed by atoms with E-state index >= 15 is 0 Å². The Hall–Kier alpha value is -0.790. The number of nitrogens with one attached hydrogen (secondary N) is 1. The largest absolute Gasteiger partial charge is 0.285 e. The zero-order valence-corrected chi connectivity index (χ0v) is 6.81. The summed E-state index contributed by atoms with van der Waals surface area (Å²) in [6, 6.07) is 0. The van der Waals surface area contributed by atoms with Gasteiger partial charge in [0.2, 0.25) is 0 Å². The molecule has 10 heavy (non-hydrogen) atoms. The maximum Gasteiger partial charge on any atom is 0.0623 e. The van der Waals surface area contributed by atoms with Crippen molar-refractivity contribution < 1.29 is 0 Å². The van der Waals surface area contributed by atoms with E-state index in [9.17, 15) is 0 Å². The van der Waals surface area contributed by atoms with E-state index in [0.717, 1.165) is 18.0 Å². The fourth-order valence-corrected chi connectivity index (χ4v) is 1.03. The highest BCUT2D eigenvalue weighted by Crippen LogP contribution is 2.08. The third kappa shape index (κ3) is 1.59. The van der Waals surface area contributed by atoms with Crippen LogP contribution in [0.25, 0.3) is 0 Å². The summed E-state index contributed by atoms with van der Waals surface area (Å²) in [6.07, 6.45) is 3.11. The van der Waals surface area contributed by atoms with Gasteiger partial charge in [-0.2, -0.15) is 5.10 Å². The van der Waals surface area contributed by atoms with Crippen LogP contribution in [0.15, 0.2) is 6.20 Å². The number of H-pyrrole nitrogens is 1. The molecule has 0 atom stereocenters. The Morgan fingerprint density at radius 1 is 1.60 bits per heavy atom. The van der Waals surface area contributed by atoms with Crippen LogP contribution in [0, 0.1) is 12.8 Å². The fourth-order valence-electron chi connectivity index (χ4n) is 1.03. The molecular formula is C8H14N2. The smallest absolute Gasteiger partial charge is 0.0623 e. The molecule has 1 N–H and O–H groups in total. The standard InChI is InChI=1S/C8H14N2/c1-6(2)4-8-5-9-10-7(8)3/h5-6H,4H2,1-3H3,(H,9,10). The number of aryl methyl sites for hydroxylation is 1. The van der Waals surface area contributed by atoms with E-state index in [4.69, 9.17) is 0 Å². The molecule has 0 unspecified atom stereocenters. The molecule has 0 saturated carbocycles. The molecule has 0 aromatic carbocycles. The molecule has 0 amide bonds. The Balaban J connectivity index is 2.65. The molecular weight excluding hydrogens is 124 g/mol. The van der Waals surface area contributed by atoms with Gasteiger partial charge in [0, 0.05) is 6.20 Å². The minimum absolute atomic E-state index is 0.719. The second-order valence-electron chi connectivity index (χ2n) is 3.09. The van der Waals surface area contributed by atoms with Crippen LogP contribution in [0.3, 0.4) is 0 Å². The highest BCUT2D eigenvalue weighted by molar-refractivity contribution is 5.14. The van der Waals surface area contributed by atoms with Crippen molar-refractivity contribution in [2.24, 2.45) is 5.92 Å². The Bertz CT molecular complexity index is 201. The van der Waals surface area contributed by atoms with Crippen molar-refractivity contribution in [1.82, 2.24) is 10.2 Å². The first-order valence-corrected chi connectivity index (χ1v) is 3.69. The molecule has 0 spiro atoms. The van der Waals surface area contributed by atoms with Crippen LogP contribution < -0.4 is 0 Å². The van der Waals surface area contributed by atoms with Gasteiger partial charge in [0.15, 0.2) is 0 Å². The topological polar surface area (TPSA) is 28.7 Å². The third-order valence-corrected chi connectivity index (χ3v) is 1.56. The van der Waals surface area contributed by atoms with Gasteiger partial charge in [-0.1, -0.05) is 13.8 Å². The van der Waals surface area contributed by atoms with Crippen molar-refractivity contribution in [3.05, 3.63) is 17.5 Å². The first kappa shape index (κ1) is 7.32. The molecule has 0 radical (unpaired) electrons. The number of hydrogen-bond donors (Lipinski definition) is 1. The summed E-state index contributed by atoms with van der Waals surface area (Å²) in [5, 5.41) is 6.90. The minimum Gasteiger partial charge on any atom is -0.285 e. The summed E-state index contributed by atoms with van der Waals surface area (Å²) in [4.78, 5) is 0. The molecule has 1 aromatic rings. The average Bonchev–Trinajstić information content (AvgIpc) is 2.15. The van der Waals surface area contributed by atoms with Gasteiger partial charge in [-0.15, -0.1) is 0 Å². The van der Waals surface area contributed by atoms with E-state index in [0.29, 0.717) is 0 Å². The van der Waals surface area contributed by atoms with Gasteiger partial charge in [-0.25, -0.2) is 0 Å². The quantitative estimate of drug-likeness (QED) is 0.664. The maximum atomic E-state index is 4.04. The lowest BCUT2D eigenvalue weighted by molar-refractivity contribution is 0.645. The Labute approximate surface area is 61.7 Å². The molecule has 2 heteroatoms. The number of aromatic amines is 1. The van der Waals surface area contributed by atoms with Gasteiger partial charge < -0.3 is 0 Å². The molecule has 0 bridgehead atoms. The summed E-state index contributed by atoms with van der Waals surface area (Å²) in [6.45, 7) is 6.47. The molecule has 1 aromatic heterocycles. The van der Waals surface area contributed by atoms with E-state index in [2.05, 4.69) is 24.0 Å². The van der Waals surface area contributed by atoms with Crippen molar-refractivity contribution >= 4 is 0 Å². The van der Waals surface area contributed by atoms with Crippen molar-refractivity contribution in [2.75, 3.05) is 0 Å². The van der Waals surface area contributed by atoms with Crippen LogP contribution >= 0.6 is 0 Å². The normalized spacial score (nSPS) is 10.8. The molecule has 0 aliphatic rings. The first-order valence-electron chi connectivity index (χ1n) is 3.69. The van der Waals surface area contributed by atoms with Crippen molar-refractivity contribution in [2.45, 2.75) is 27.2 Å². The molecule has 2 nitrogen and oxygen atoms in total. The Kier molecular flexibility index (Phi) is 2.10. The second kappa shape index (κ2) is 2.86. The van der Waals surface area contributed by atoms with E-state index in [1.807, 2.05) is 13.1 Å². The zero-order chi connectivity index (χ0) is 7.56. The monoisotopic (exact) mass is 138 g/mol. The number of nitrogens with zero attached hydrogens (tertiary/aromatic N) is 1. The molecule has 1 rings (SSSR count). The SMILES string of the molecule is Cc1n[nH]cc1CC(C)C. The van der Waals surface area contributed by atoms with E-state index in [1.54, 1.807) is 0 Å². The van der Waals surface area contributed by atoms with Crippen LogP contribution in [0.5, 0.6) is 0 Å². The minimum atomic E-state index is 0.719. The van der Waals surface area contributed by atoms with Crippen molar-refractivity contribution in [3.63, 3.8) is 0 Å². The summed E-state index contributed by atoms with van der Waals surface area (Å²) in [5.41, 5.74) is 2.48. The van der Waals surface area contributed by atoms with Gasteiger partial charge in [-0.05, 0) is 24.8 Å². The molecule has 0 aliphatic carbocycles. The highest BCUT2D eigenvalue weighted by Gasteiger charge is 2.01. The van der Waals surface area contributed by atoms with Gasteiger partial charge in [0.05, 0.1) is 5.69 Å². The van der Waals surface area contributed by atoms with Gasteiger partial charge in [0.1, 0.15) is 0 Å². The van der Waals surface area contributed by atoms with Crippen LogP contribution in [0.1, 0.15) is 25.1 Å². The van der Waals surface area contributed by atoms with Gasteiger partial charge in [-0.3, -0.25) is 5.10 Å². The summed E-state index contributed by atoms with van der Waals surface area (Å²) < 4.78 is 0. The van der Waals surface area contributed by atoms with Crippen LogP contribution in [0.2, 0.25) is 0 Å². The lowest BCUT2D eigenvalue weighted by Gasteiger charge is -2.00. The van der Waals surface area contributed by atoms with Crippen molar-refractivity contribution in [3.8, 4) is 0 Å². The third-order valence-electron chi connectivity index (χ3n) is 1.56. The second-order valence-corrected chi connectivity index (χ2v) is 3.09. The maximum absolute atomic E-state index is 4.04. The predicted molar refractivity (Wildman–Crippen MR) is 41.9 cm³/mol. The Morgan fingerprint density at radius 2 is 2.30 bits per heavy atom. The lowest BCUT2D eigenvalue weighted by Crippen LogP contribution is -1.93. The summed E-state index contributed by atoms with van der Waals surface area (Å²) in [5.74, 6) is 0.719. The van der Waals surface area contributed by atoms with Crippen LogP contribution in [-0.4, -0.2) is 10.2 Å². The highest BCUT2D eigenvalue weighted by atomic mass is 15.1. The molecule has 56 valence electrons. The zero-order valence-electron chi connectivity index (χ0n) is 6.81. The predicted octanol–water partition coefficient (Wildman–Crippen LogP) is 1.92. The first-order chi connectivity index (χ1) is 4.70. The van der Waals surface area contributed by atoms with E-state index in [1.165, 1.54) is 5.56 Å². The fraction of sp³-hybridized carbons (Fsp3) is 0.625. The van der Waals surface area contributed by atoms with Crippen molar-refractivity contribution in [1.29, 1.82) is 0 Å². The molecule has 1 heterocycles. The van der Waals surface area contributed by atoms with Gasteiger partial charge in [0.25, 0.3) is 0 Å². The average molecular weight is 138 g/mol. The number of hydrogen-bond acceptors (Lipinski definition) is 1. The summed E-state index contributed by atoms with van der Waals surface area (Å²) in [7, 11) is 0. The van der Waals surface area contributed by atoms with E-state index in [-0.39, 0.29) is 0 Å². The number of rotatable bonds is 2. The van der Waals surface area contributed by atoms with Crippen LogP contribution in [0.4, 0.5) is 0 Å². The Morgan fingerprint density at radius 3 is 2.70 bits per heavy atom. The summed E-state index contributed by atoms with van der Waals surface area (Å²) >= 11 is 0. The van der Waals surface area contributed by atoms with Crippen LogP contribution in [-0.2, 0) is 6.42 Å². The number of aromatic nitrogens is 2.